The summed E-state index contributed by atoms with van der Waals surface area (Å²) in [6, 6.07) is 18.1. The number of sulfone groups is 1. The zero-order chi connectivity index (χ0) is 22.5. The molecular formula is C23H18FN5O2S. The van der Waals surface area contributed by atoms with Crippen molar-refractivity contribution in [1.82, 2.24) is 19.8 Å². The highest BCUT2D eigenvalue weighted by atomic mass is 32.2. The smallest absolute Gasteiger partial charge is 0.229 e. The van der Waals surface area contributed by atoms with Gasteiger partial charge >= 0.3 is 0 Å². The van der Waals surface area contributed by atoms with Crippen LogP contribution in [0.1, 0.15) is 11.1 Å². The Balaban J connectivity index is 1.73. The average Bonchev–Trinajstić information content (AvgIpc) is 3.22. The van der Waals surface area contributed by atoms with Crippen LogP contribution in [0.2, 0.25) is 0 Å². The lowest BCUT2D eigenvalue weighted by atomic mass is 10.1. The third-order valence-corrected chi connectivity index (χ3v) is 7.02. The Kier molecular flexibility index (Phi) is 4.63. The Morgan fingerprint density at radius 1 is 0.938 bits per heavy atom. The molecule has 160 valence electrons. The number of para-hydroxylation sites is 1. The quantitative estimate of drug-likeness (QED) is 0.433. The molecule has 2 aromatic heterocycles. The summed E-state index contributed by atoms with van der Waals surface area (Å²) < 4.78 is 41.5. The van der Waals surface area contributed by atoms with Crippen LogP contribution in [0, 0.1) is 19.7 Å². The van der Waals surface area contributed by atoms with Crippen molar-refractivity contribution >= 4 is 37.9 Å². The highest BCUT2D eigenvalue weighted by molar-refractivity contribution is 7.91. The molecule has 5 aromatic rings. The number of rotatable bonds is 4. The van der Waals surface area contributed by atoms with Crippen LogP contribution in [-0.2, 0) is 9.84 Å². The van der Waals surface area contributed by atoms with Crippen LogP contribution in [0.15, 0.2) is 76.7 Å². The Bertz CT molecular complexity index is 1590. The summed E-state index contributed by atoms with van der Waals surface area (Å²) in [4.78, 5) is 4.70. The van der Waals surface area contributed by atoms with Gasteiger partial charge in [-0.2, -0.15) is 4.52 Å². The van der Waals surface area contributed by atoms with Crippen molar-refractivity contribution in [3.63, 3.8) is 0 Å². The summed E-state index contributed by atoms with van der Waals surface area (Å²) in [6.07, 6.45) is 0. The van der Waals surface area contributed by atoms with Gasteiger partial charge < -0.3 is 5.32 Å². The van der Waals surface area contributed by atoms with Crippen molar-refractivity contribution in [2.45, 2.75) is 23.8 Å². The second-order valence-electron chi connectivity index (χ2n) is 7.49. The third-order valence-electron chi connectivity index (χ3n) is 5.37. The minimum atomic E-state index is -3.96. The first-order valence-corrected chi connectivity index (χ1v) is 11.3. The van der Waals surface area contributed by atoms with E-state index in [2.05, 4.69) is 20.6 Å². The van der Waals surface area contributed by atoms with Crippen LogP contribution in [0.4, 0.5) is 15.9 Å². The largest absolute Gasteiger partial charge is 0.340 e. The van der Waals surface area contributed by atoms with E-state index in [1.165, 1.54) is 16.6 Å². The van der Waals surface area contributed by atoms with Crippen LogP contribution in [0.25, 0.3) is 16.6 Å². The van der Waals surface area contributed by atoms with Gasteiger partial charge in [0.15, 0.2) is 5.65 Å². The number of fused-ring (bicyclic) bond motifs is 3. The van der Waals surface area contributed by atoms with Gasteiger partial charge in [0, 0.05) is 11.1 Å². The van der Waals surface area contributed by atoms with Gasteiger partial charge in [-0.1, -0.05) is 23.4 Å². The van der Waals surface area contributed by atoms with Gasteiger partial charge in [-0.25, -0.2) is 17.8 Å². The van der Waals surface area contributed by atoms with Crippen LogP contribution in [-0.4, -0.2) is 28.2 Å². The molecule has 0 saturated carbocycles. The van der Waals surface area contributed by atoms with Gasteiger partial charge in [0.25, 0.3) is 0 Å². The van der Waals surface area contributed by atoms with Crippen molar-refractivity contribution in [2.24, 2.45) is 0 Å². The molecule has 0 aliphatic rings. The van der Waals surface area contributed by atoms with Crippen LogP contribution in [0.3, 0.4) is 0 Å². The predicted octanol–water partition coefficient (Wildman–Crippen LogP) is 4.61. The van der Waals surface area contributed by atoms with Gasteiger partial charge in [-0.15, -0.1) is 5.10 Å². The number of hydrogen-bond donors (Lipinski definition) is 1. The third kappa shape index (κ3) is 3.27. The topological polar surface area (TPSA) is 89.2 Å². The van der Waals surface area contributed by atoms with Gasteiger partial charge in [0.05, 0.1) is 10.4 Å². The van der Waals surface area contributed by atoms with E-state index in [1.54, 1.807) is 36.4 Å². The normalized spacial score (nSPS) is 11.8. The second kappa shape index (κ2) is 7.38. The summed E-state index contributed by atoms with van der Waals surface area (Å²) in [6.45, 7) is 3.77. The maximum Gasteiger partial charge on any atom is 0.229 e. The van der Waals surface area contributed by atoms with E-state index < -0.39 is 9.84 Å². The summed E-state index contributed by atoms with van der Waals surface area (Å²) in [5.41, 5.74) is 3.20. The number of halogens is 1. The van der Waals surface area contributed by atoms with E-state index in [9.17, 15) is 12.8 Å². The summed E-state index contributed by atoms with van der Waals surface area (Å²) in [7, 11) is -3.96. The number of aromatic nitrogens is 4. The molecule has 7 nitrogen and oxygen atoms in total. The summed E-state index contributed by atoms with van der Waals surface area (Å²) >= 11 is 0. The molecule has 1 N–H and O–H groups in total. The SMILES string of the molecule is Cc1ccc(S(=O)(=O)c2nnn3c2nc(Nc2ccc(F)cc2)c2ccccc23)cc1C. The molecule has 0 fully saturated rings. The fourth-order valence-corrected chi connectivity index (χ4v) is 4.80. The van der Waals surface area contributed by atoms with Gasteiger partial charge in [-0.05, 0) is 73.5 Å². The van der Waals surface area contributed by atoms with E-state index in [0.717, 1.165) is 11.1 Å². The number of nitrogens with zero attached hydrogens (tertiary/aromatic N) is 4. The molecule has 9 heteroatoms. The molecule has 0 radical (unpaired) electrons. The molecule has 32 heavy (non-hydrogen) atoms. The zero-order valence-electron chi connectivity index (χ0n) is 17.2. The van der Waals surface area contributed by atoms with Gasteiger partial charge in [0.1, 0.15) is 11.6 Å². The highest BCUT2D eigenvalue weighted by Crippen LogP contribution is 2.30. The fraction of sp³-hybridized carbons (Fsp3) is 0.0870. The van der Waals surface area contributed by atoms with Crippen molar-refractivity contribution in [2.75, 3.05) is 5.32 Å². The number of aryl methyl sites for hydroxylation is 2. The molecule has 0 amide bonds. The maximum atomic E-state index is 13.4. The van der Waals surface area contributed by atoms with Crippen LogP contribution >= 0.6 is 0 Å². The number of hydrogen-bond acceptors (Lipinski definition) is 6. The molecule has 0 aliphatic carbocycles. The summed E-state index contributed by atoms with van der Waals surface area (Å²) in [5, 5.41) is 11.7. The van der Waals surface area contributed by atoms with Crippen molar-refractivity contribution in [3.05, 3.63) is 83.7 Å². The van der Waals surface area contributed by atoms with E-state index in [0.29, 0.717) is 22.4 Å². The molecule has 0 unspecified atom stereocenters. The monoisotopic (exact) mass is 447 g/mol. The minimum absolute atomic E-state index is 0.103. The van der Waals surface area contributed by atoms with Gasteiger partial charge in [0.2, 0.25) is 14.9 Å². The van der Waals surface area contributed by atoms with Gasteiger partial charge in [-0.3, -0.25) is 0 Å². The maximum absolute atomic E-state index is 13.4. The van der Waals surface area contributed by atoms with Crippen molar-refractivity contribution in [3.8, 4) is 0 Å². The van der Waals surface area contributed by atoms with E-state index in [1.807, 2.05) is 32.0 Å². The molecule has 0 spiro atoms. The van der Waals surface area contributed by atoms with E-state index >= 15 is 0 Å². The van der Waals surface area contributed by atoms with E-state index in [-0.39, 0.29) is 21.4 Å². The Morgan fingerprint density at radius 2 is 1.69 bits per heavy atom. The zero-order valence-corrected chi connectivity index (χ0v) is 18.1. The first kappa shape index (κ1) is 20.1. The highest BCUT2D eigenvalue weighted by Gasteiger charge is 2.27. The first-order valence-electron chi connectivity index (χ1n) is 9.84. The second-order valence-corrected chi connectivity index (χ2v) is 9.35. The Hall–Kier alpha value is -3.85. The van der Waals surface area contributed by atoms with Crippen LogP contribution in [0.5, 0.6) is 0 Å². The number of benzene rings is 3. The van der Waals surface area contributed by atoms with Crippen molar-refractivity contribution in [1.29, 1.82) is 0 Å². The molecule has 0 atom stereocenters. The van der Waals surface area contributed by atoms with Crippen molar-refractivity contribution < 1.29 is 12.8 Å². The summed E-state index contributed by atoms with van der Waals surface area (Å²) in [5.74, 6) is 0.0594. The Morgan fingerprint density at radius 3 is 2.44 bits per heavy atom. The predicted molar refractivity (Wildman–Crippen MR) is 119 cm³/mol. The average molecular weight is 447 g/mol. The molecular weight excluding hydrogens is 429 g/mol. The minimum Gasteiger partial charge on any atom is -0.340 e. The molecule has 0 saturated heterocycles. The standard InChI is InChI=1S/C23H18FN5O2S/c1-14-7-12-18(13-15(14)2)32(30,31)23-22-26-21(25-17-10-8-16(24)9-11-17)19-5-3-4-6-20(19)29(22)28-27-23/h3-13H,1-2H3,(H,25,26). The lowest BCUT2D eigenvalue weighted by Crippen LogP contribution is -2.06. The molecule has 2 heterocycles. The fourth-order valence-electron chi connectivity index (χ4n) is 3.48. The molecule has 0 aliphatic heterocycles. The molecule has 0 bridgehead atoms. The van der Waals surface area contributed by atoms with Crippen LogP contribution < -0.4 is 5.32 Å². The van der Waals surface area contributed by atoms with E-state index in [4.69, 9.17) is 0 Å². The number of anilines is 2. The first-order chi connectivity index (χ1) is 15.3. The molecule has 5 rings (SSSR count). The molecule has 3 aromatic carbocycles. The number of nitrogens with one attached hydrogen (secondary N) is 1. The Labute approximate surface area is 183 Å². The lowest BCUT2D eigenvalue weighted by molar-refractivity contribution is 0.592. The lowest BCUT2D eigenvalue weighted by Gasteiger charge is -2.11.